The average molecular weight is 666 g/mol. The average Bonchev–Trinajstić information content (AvgIpc) is 3.83. The molecule has 1 aromatic carbocycles. The maximum absolute atomic E-state index is 13.3. The van der Waals surface area contributed by atoms with Crippen LogP contribution in [0.5, 0.6) is 11.5 Å². The van der Waals surface area contributed by atoms with Gasteiger partial charge in [-0.2, -0.15) is 0 Å². The Balaban J connectivity index is 0.880. The normalized spacial score (nSPS) is 27.2. The first-order valence-corrected chi connectivity index (χ1v) is 19.4. The van der Waals surface area contributed by atoms with E-state index in [9.17, 15) is 14.7 Å². The van der Waals surface area contributed by atoms with Crippen molar-refractivity contribution in [3.8, 4) is 11.5 Å². The molecule has 0 aromatic heterocycles. The van der Waals surface area contributed by atoms with Gasteiger partial charge in [0.05, 0.1) is 17.6 Å². The lowest BCUT2D eigenvalue weighted by Crippen LogP contribution is -2.76. The summed E-state index contributed by atoms with van der Waals surface area (Å²) in [7, 11) is 0. The maximum atomic E-state index is 13.3. The molecule has 2 saturated carbocycles. The monoisotopic (exact) mass is 665 g/mol. The smallest absolute Gasteiger partial charge is 0.477 e. The van der Waals surface area contributed by atoms with Crippen LogP contribution in [-0.4, -0.2) is 66.2 Å². The van der Waals surface area contributed by atoms with Crippen LogP contribution in [0.1, 0.15) is 140 Å². The third-order valence-electron chi connectivity index (χ3n) is 11.8. The molecule has 0 radical (unpaired) electrons. The summed E-state index contributed by atoms with van der Waals surface area (Å²) in [6.45, 7) is 4.16. The summed E-state index contributed by atoms with van der Waals surface area (Å²) in [6.07, 6.45) is 25.2. The molecule has 2 heterocycles. The van der Waals surface area contributed by atoms with E-state index in [0.717, 1.165) is 55.8 Å². The first-order chi connectivity index (χ1) is 23.5. The zero-order valence-corrected chi connectivity index (χ0v) is 29.4. The summed E-state index contributed by atoms with van der Waals surface area (Å²) < 4.78 is 22.8. The van der Waals surface area contributed by atoms with Gasteiger partial charge in [0.1, 0.15) is 0 Å². The Morgan fingerprint density at radius 2 is 1.67 bits per heavy atom. The highest BCUT2D eigenvalue weighted by Gasteiger charge is 2.73. The molecule has 5 aliphatic rings. The van der Waals surface area contributed by atoms with Crippen LogP contribution in [-0.2, 0) is 26.1 Å². The van der Waals surface area contributed by atoms with Gasteiger partial charge in [0.25, 0.3) is 0 Å². The van der Waals surface area contributed by atoms with Crippen LogP contribution >= 0.6 is 0 Å². The molecular formula is C40H59NO7. The summed E-state index contributed by atoms with van der Waals surface area (Å²) in [5.41, 5.74) is 0.296. The van der Waals surface area contributed by atoms with E-state index in [2.05, 4.69) is 24.0 Å². The predicted octanol–water partition coefficient (Wildman–Crippen LogP) is 8.35. The van der Waals surface area contributed by atoms with E-state index in [1.807, 2.05) is 12.1 Å². The zero-order valence-electron chi connectivity index (χ0n) is 29.4. The third kappa shape index (κ3) is 7.60. The highest BCUT2D eigenvalue weighted by molar-refractivity contribution is 5.90. The van der Waals surface area contributed by atoms with Gasteiger partial charge in [0.15, 0.2) is 23.4 Å². The van der Waals surface area contributed by atoms with Crippen molar-refractivity contribution >= 4 is 11.9 Å². The Morgan fingerprint density at radius 3 is 2.40 bits per heavy atom. The van der Waals surface area contributed by atoms with Crippen LogP contribution in [0.4, 0.5) is 4.79 Å². The van der Waals surface area contributed by atoms with Crippen molar-refractivity contribution in [2.45, 2.75) is 159 Å². The molecule has 1 unspecified atom stereocenters. The molecule has 4 atom stereocenters. The van der Waals surface area contributed by atoms with E-state index < -0.39 is 23.3 Å². The van der Waals surface area contributed by atoms with E-state index in [0.29, 0.717) is 37.4 Å². The predicted molar refractivity (Wildman–Crippen MR) is 186 cm³/mol. The molecular weight excluding hydrogens is 606 g/mol. The molecule has 3 fully saturated rings. The van der Waals surface area contributed by atoms with E-state index in [1.165, 1.54) is 83.5 Å². The van der Waals surface area contributed by atoms with Gasteiger partial charge in [-0.05, 0) is 88.3 Å². The third-order valence-corrected chi connectivity index (χ3v) is 11.8. The second kappa shape index (κ2) is 16.4. The molecule has 8 heteroatoms. The second-order valence-corrected chi connectivity index (χ2v) is 15.1. The van der Waals surface area contributed by atoms with Crippen molar-refractivity contribution < 1.29 is 33.6 Å². The lowest BCUT2D eigenvalue weighted by molar-refractivity contribution is -0.188. The number of allylic oxidation sites excluding steroid dienone is 2. The molecule has 1 saturated heterocycles. The lowest BCUT2D eigenvalue weighted by atomic mass is 9.49. The van der Waals surface area contributed by atoms with E-state index in [1.54, 1.807) is 0 Å². The molecule has 2 bridgehead atoms. The lowest BCUT2D eigenvalue weighted by Gasteiger charge is -2.62. The van der Waals surface area contributed by atoms with Crippen LogP contribution in [0.3, 0.4) is 0 Å². The topological polar surface area (TPSA) is 94.5 Å². The van der Waals surface area contributed by atoms with Gasteiger partial charge in [-0.3, -0.25) is 9.69 Å². The number of piperidine rings is 1. The molecule has 8 nitrogen and oxygen atoms in total. The first kappa shape index (κ1) is 35.3. The standard InChI is InChI=1S/C40H59NO7/c1-2-3-4-5-6-7-8-9-10-11-12-13-14-15-16-17-26-45-38(43)47-29-46-33-21-20-31-27-34-40(44)23-22-32(42)37-39(40,35(31)36(33)48-37)24-25-41(34)28-30-18-19-30/h9-10,20-21,30,34,37,44H,2-8,11-19,22-29H2,1H3/b10-9+/t34?,37-,39-,40+/m0/s1. The van der Waals surface area contributed by atoms with E-state index in [4.69, 9.17) is 18.9 Å². The van der Waals surface area contributed by atoms with Crippen LogP contribution in [0, 0.1) is 5.92 Å². The van der Waals surface area contributed by atoms with Gasteiger partial charge in [-0.1, -0.05) is 82.9 Å². The number of hydrogen-bond acceptors (Lipinski definition) is 8. The number of nitrogens with zero attached hydrogens (tertiary/aromatic N) is 1. The van der Waals surface area contributed by atoms with E-state index in [-0.39, 0.29) is 18.6 Å². The number of benzene rings is 1. The number of unbranched alkanes of at least 4 members (excludes halogenated alkanes) is 12. The number of likely N-dealkylation sites (tertiary alicyclic amines) is 1. The number of rotatable bonds is 21. The van der Waals surface area contributed by atoms with Crippen LogP contribution in [0.25, 0.3) is 0 Å². The largest absolute Gasteiger partial charge is 0.511 e. The molecule has 6 rings (SSSR count). The minimum absolute atomic E-state index is 0.0128. The minimum Gasteiger partial charge on any atom is -0.477 e. The fraction of sp³-hybridized carbons (Fsp3) is 0.750. The fourth-order valence-electron chi connectivity index (χ4n) is 9.05. The molecule has 266 valence electrons. The number of hydrogen-bond donors (Lipinski definition) is 1. The highest BCUT2D eigenvalue weighted by atomic mass is 16.8. The Hall–Kier alpha value is -2.58. The Bertz CT molecular complexity index is 1280. The van der Waals surface area contributed by atoms with Crippen molar-refractivity contribution in [1.82, 2.24) is 4.90 Å². The van der Waals surface area contributed by atoms with Crippen molar-refractivity contribution in [2.75, 3.05) is 26.5 Å². The maximum Gasteiger partial charge on any atom is 0.511 e. The van der Waals surface area contributed by atoms with Crippen molar-refractivity contribution in [3.05, 3.63) is 35.4 Å². The highest BCUT2D eigenvalue weighted by Crippen LogP contribution is 2.65. The van der Waals surface area contributed by atoms with E-state index >= 15 is 0 Å². The van der Waals surface area contributed by atoms with Gasteiger partial charge >= 0.3 is 6.16 Å². The number of carbonyl (C=O) groups excluding carboxylic acids is 2. The Labute approximate surface area is 287 Å². The second-order valence-electron chi connectivity index (χ2n) is 15.1. The number of carbonyl (C=O) groups is 2. The number of ether oxygens (including phenoxy) is 4. The molecule has 0 amide bonds. The molecule has 3 aliphatic carbocycles. The SMILES string of the molecule is CCCCCCCC/C=C/CCCCCCCCOC(=O)OCOc1ccc2c3c1O[C@H]1C(=O)CC[C@@]4(O)C(C2)N(CC2CC2)CC[C@]314. The van der Waals surface area contributed by atoms with Gasteiger partial charge < -0.3 is 24.1 Å². The van der Waals surface area contributed by atoms with Crippen molar-refractivity contribution in [2.24, 2.45) is 5.92 Å². The van der Waals surface area contributed by atoms with Gasteiger partial charge in [0.2, 0.25) is 6.79 Å². The van der Waals surface area contributed by atoms with Crippen LogP contribution in [0.2, 0.25) is 0 Å². The summed E-state index contributed by atoms with van der Waals surface area (Å²) >= 11 is 0. The number of aliphatic hydroxyl groups is 1. The van der Waals surface area contributed by atoms with Gasteiger partial charge in [-0.25, -0.2) is 4.79 Å². The minimum atomic E-state index is -1.01. The zero-order chi connectivity index (χ0) is 33.4. The Kier molecular flexibility index (Phi) is 12.1. The number of ketones is 1. The molecule has 1 N–H and O–H groups in total. The summed E-state index contributed by atoms with van der Waals surface area (Å²) in [5, 5.41) is 12.4. The summed E-state index contributed by atoms with van der Waals surface area (Å²) in [6, 6.07) is 3.88. The van der Waals surface area contributed by atoms with Crippen LogP contribution < -0.4 is 9.47 Å². The van der Waals surface area contributed by atoms with Crippen molar-refractivity contribution in [3.63, 3.8) is 0 Å². The van der Waals surface area contributed by atoms with Gasteiger partial charge in [0, 0.05) is 24.6 Å². The summed E-state index contributed by atoms with van der Waals surface area (Å²) in [5.74, 6) is 1.75. The van der Waals surface area contributed by atoms with Crippen LogP contribution in [0.15, 0.2) is 24.3 Å². The fourth-order valence-corrected chi connectivity index (χ4v) is 9.05. The quantitative estimate of drug-likeness (QED) is 0.0606. The molecule has 1 spiro atoms. The number of Topliss-reactive ketones (excluding diaryl/α,β-unsaturated/α-hetero) is 1. The first-order valence-electron chi connectivity index (χ1n) is 19.4. The summed E-state index contributed by atoms with van der Waals surface area (Å²) in [4.78, 5) is 28.0. The Morgan fingerprint density at radius 1 is 0.958 bits per heavy atom. The van der Waals surface area contributed by atoms with Gasteiger partial charge in [-0.15, -0.1) is 0 Å². The molecule has 1 aromatic rings. The molecule has 48 heavy (non-hydrogen) atoms. The van der Waals surface area contributed by atoms with Crippen molar-refractivity contribution in [1.29, 1.82) is 0 Å². The molecule has 2 aliphatic heterocycles.